The maximum Gasteiger partial charge on any atom is 0.223 e. The zero-order chi connectivity index (χ0) is 24.2. The Morgan fingerprint density at radius 2 is 1.63 bits per heavy atom. The molecule has 4 aromatic rings. The molecule has 0 aliphatic carbocycles. The second-order valence-electron chi connectivity index (χ2n) is 9.56. The first-order valence-corrected chi connectivity index (χ1v) is 12.8. The second kappa shape index (κ2) is 10.7. The second-order valence-corrected chi connectivity index (χ2v) is 9.97. The van der Waals surface area contributed by atoms with Crippen LogP contribution in [0.4, 0.5) is 0 Å². The number of para-hydroxylation sites is 1. The van der Waals surface area contributed by atoms with Crippen molar-refractivity contribution < 1.29 is 4.79 Å². The fourth-order valence-corrected chi connectivity index (χ4v) is 5.32. The van der Waals surface area contributed by atoms with Crippen molar-refractivity contribution in [1.29, 1.82) is 0 Å². The highest BCUT2D eigenvalue weighted by molar-refractivity contribution is 6.31. The molecule has 1 saturated heterocycles. The summed E-state index contributed by atoms with van der Waals surface area (Å²) in [5, 5.41) is 5.26. The Labute approximate surface area is 212 Å². The molecule has 0 radical (unpaired) electrons. The van der Waals surface area contributed by atoms with E-state index in [9.17, 15) is 4.79 Å². The molecule has 5 heteroatoms. The van der Waals surface area contributed by atoms with Gasteiger partial charge in [-0.25, -0.2) is 0 Å². The summed E-state index contributed by atoms with van der Waals surface area (Å²) in [6.45, 7) is 5.52. The third-order valence-corrected chi connectivity index (χ3v) is 7.55. The Morgan fingerprint density at radius 3 is 2.40 bits per heavy atom. The maximum absolute atomic E-state index is 12.9. The molecular weight excluding hydrogens is 454 g/mol. The molecule has 0 saturated carbocycles. The average Bonchev–Trinajstić information content (AvgIpc) is 3.23. The number of hydrogen-bond acceptors (Lipinski definition) is 2. The number of nitrogens with zero attached hydrogens (tertiary/aromatic N) is 2. The lowest BCUT2D eigenvalue weighted by Gasteiger charge is -2.32. The van der Waals surface area contributed by atoms with Crippen molar-refractivity contribution in [1.82, 2.24) is 14.8 Å². The van der Waals surface area contributed by atoms with Gasteiger partial charge in [-0.05, 0) is 67.6 Å². The minimum Gasteiger partial charge on any atom is -0.349 e. The molecule has 0 spiro atoms. The Balaban J connectivity index is 1.24. The zero-order valence-electron chi connectivity index (χ0n) is 20.2. The van der Waals surface area contributed by atoms with Gasteiger partial charge in [-0.2, -0.15) is 0 Å². The van der Waals surface area contributed by atoms with Crippen molar-refractivity contribution in [3.63, 3.8) is 0 Å². The van der Waals surface area contributed by atoms with Crippen LogP contribution in [0.15, 0.2) is 84.9 Å². The standard InChI is InChI=1S/C30H32ClN3O/c1-22(23-9-3-2-4-10-23)32-30(35)24-15-17-33(18-16-24)21-27-19-25-11-6-8-14-29(25)34(27)20-26-12-5-7-13-28(26)31/h2-14,19,22,24H,15-18,20-21H2,1H3,(H,32,35). The lowest BCUT2D eigenvalue weighted by molar-refractivity contribution is -0.127. The van der Waals surface area contributed by atoms with Crippen LogP contribution in [0.25, 0.3) is 10.9 Å². The van der Waals surface area contributed by atoms with Crippen LogP contribution < -0.4 is 5.32 Å². The lowest BCUT2D eigenvalue weighted by atomic mass is 9.95. The summed E-state index contributed by atoms with van der Waals surface area (Å²) in [5.74, 6) is 0.250. The van der Waals surface area contributed by atoms with Gasteiger partial charge >= 0.3 is 0 Å². The number of fused-ring (bicyclic) bond motifs is 1. The summed E-state index contributed by atoms with van der Waals surface area (Å²) < 4.78 is 2.39. The van der Waals surface area contributed by atoms with Crippen molar-refractivity contribution in [2.24, 2.45) is 5.92 Å². The number of benzene rings is 3. The minimum absolute atomic E-state index is 0.0299. The Hall–Kier alpha value is -3.08. The van der Waals surface area contributed by atoms with Gasteiger partial charge in [-0.1, -0.05) is 78.3 Å². The number of nitrogens with one attached hydrogen (secondary N) is 1. The van der Waals surface area contributed by atoms with Gasteiger partial charge in [0.1, 0.15) is 0 Å². The molecule has 1 amide bonds. The first-order chi connectivity index (χ1) is 17.1. The molecule has 1 atom stereocenters. The van der Waals surface area contributed by atoms with E-state index in [2.05, 4.69) is 70.2 Å². The largest absolute Gasteiger partial charge is 0.349 e. The van der Waals surface area contributed by atoms with E-state index in [4.69, 9.17) is 11.6 Å². The van der Waals surface area contributed by atoms with Gasteiger partial charge in [0, 0.05) is 35.2 Å². The summed E-state index contributed by atoms with van der Waals surface area (Å²) in [6, 6.07) is 29.1. The van der Waals surface area contributed by atoms with Crippen LogP contribution in [0.3, 0.4) is 0 Å². The lowest BCUT2D eigenvalue weighted by Crippen LogP contribution is -2.41. The first-order valence-electron chi connectivity index (χ1n) is 12.5. The van der Waals surface area contributed by atoms with E-state index in [1.807, 2.05) is 36.4 Å². The number of rotatable bonds is 7. The fraction of sp³-hybridized carbons (Fsp3) is 0.300. The van der Waals surface area contributed by atoms with Gasteiger partial charge in [-0.3, -0.25) is 9.69 Å². The van der Waals surface area contributed by atoms with Gasteiger partial charge in [0.2, 0.25) is 5.91 Å². The predicted molar refractivity (Wildman–Crippen MR) is 143 cm³/mol. The number of carbonyl (C=O) groups is 1. The molecule has 35 heavy (non-hydrogen) atoms. The van der Waals surface area contributed by atoms with E-state index in [-0.39, 0.29) is 17.9 Å². The molecular formula is C30H32ClN3O. The molecule has 0 bridgehead atoms. The first kappa shape index (κ1) is 23.7. The van der Waals surface area contributed by atoms with Crippen LogP contribution in [-0.2, 0) is 17.9 Å². The number of amides is 1. The Bertz CT molecular complexity index is 1290. The molecule has 5 rings (SSSR count). The maximum atomic E-state index is 12.9. The van der Waals surface area contributed by atoms with Gasteiger partial charge < -0.3 is 9.88 Å². The van der Waals surface area contributed by atoms with Gasteiger partial charge in [0.25, 0.3) is 0 Å². The molecule has 4 nitrogen and oxygen atoms in total. The highest BCUT2D eigenvalue weighted by Gasteiger charge is 2.26. The Kier molecular flexibility index (Phi) is 7.21. The molecule has 1 aliphatic rings. The quantitative estimate of drug-likeness (QED) is 0.327. The van der Waals surface area contributed by atoms with E-state index in [0.717, 1.165) is 55.2 Å². The van der Waals surface area contributed by atoms with E-state index in [1.165, 1.54) is 16.6 Å². The predicted octanol–water partition coefficient (Wildman–Crippen LogP) is 6.43. The molecule has 1 aliphatic heterocycles. The number of halogens is 1. The summed E-state index contributed by atoms with van der Waals surface area (Å²) in [7, 11) is 0. The summed E-state index contributed by atoms with van der Waals surface area (Å²) >= 11 is 6.50. The average molecular weight is 486 g/mol. The third-order valence-electron chi connectivity index (χ3n) is 7.18. The Morgan fingerprint density at radius 1 is 0.943 bits per heavy atom. The zero-order valence-corrected chi connectivity index (χ0v) is 20.9. The fourth-order valence-electron chi connectivity index (χ4n) is 5.12. The van der Waals surface area contributed by atoms with Crippen LogP contribution in [0.2, 0.25) is 5.02 Å². The smallest absolute Gasteiger partial charge is 0.223 e. The van der Waals surface area contributed by atoms with Crippen molar-refractivity contribution in [3.8, 4) is 0 Å². The van der Waals surface area contributed by atoms with Crippen molar-refractivity contribution >= 4 is 28.4 Å². The molecule has 1 N–H and O–H groups in total. The molecule has 180 valence electrons. The molecule has 3 aromatic carbocycles. The summed E-state index contributed by atoms with van der Waals surface area (Å²) in [6.07, 6.45) is 1.77. The van der Waals surface area contributed by atoms with Crippen LogP contribution in [-0.4, -0.2) is 28.5 Å². The van der Waals surface area contributed by atoms with E-state index < -0.39 is 0 Å². The van der Waals surface area contributed by atoms with E-state index >= 15 is 0 Å². The van der Waals surface area contributed by atoms with Crippen molar-refractivity contribution in [3.05, 3.63) is 107 Å². The highest BCUT2D eigenvalue weighted by Crippen LogP contribution is 2.27. The highest BCUT2D eigenvalue weighted by atomic mass is 35.5. The normalized spacial score (nSPS) is 15.8. The van der Waals surface area contributed by atoms with Crippen LogP contribution in [0.1, 0.15) is 42.6 Å². The van der Waals surface area contributed by atoms with Crippen LogP contribution in [0, 0.1) is 5.92 Å². The molecule has 1 aromatic heterocycles. The SMILES string of the molecule is CC(NC(=O)C1CCN(Cc2cc3ccccc3n2Cc2ccccc2Cl)CC1)c1ccccc1. The van der Waals surface area contributed by atoms with Gasteiger partial charge in [-0.15, -0.1) is 0 Å². The third kappa shape index (κ3) is 5.44. The number of aromatic nitrogens is 1. The number of carbonyl (C=O) groups excluding carboxylic acids is 1. The molecule has 1 unspecified atom stereocenters. The molecule has 1 fully saturated rings. The topological polar surface area (TPSA) is 37.3 Å². The summed E-state index contributed by atoms with van der Waals surface area (Å²) in [4.78, 5) is 15.4. The van der Waals surface area contributed by atoms with Crippen LogP contribution in [0.5, 0.6) is 0 Å². The van der Waals surface area contributed by atoms with E-state index in [1.54, 1.807) is 0 Å². The van der Waals surface area contributed by atoms with Gasteiger partial charge in [0.15, 0.2) is 0 Å². The summed E-state index contributed by atoms with van der Waals surface area (Å²) in [5.41, 5.74) is 4.78. The van der Waals surface area contributed by atoms with Crippen molar-refractivity contribution in [2.75, 3.05) is 13.1 Å². The monoisotopic (exact) mass is 485 g/mol. The van der Waals surface area contributed by atoms with Crippen molar-refractivity contribution in [2.45, 2.75) is 38.9 Å². The molecule has 2 heterocycles. The number of piperidine rings is 1. The number of likely N-dealkylation sites (tertiary alicyclic amines) is 1. The van der Waals surface area contributed by atoms with E-state index in [0.29, 0.717) is 0 Å². The minimum atomic E-state index is 0.0299. The van der Waals surface area contributed by atoms with Gasteiger partial charge in [0.05, 0.1) is 6.04 Å². The van der Waals surface area contributed by atoms with Crippen LogP contribution >= 0.6 is 11.6 Å². The number of hydrogen-bond donors (Lipinski definition) is 1.